The number of fused-ring (bicyclic) bond motifs is 16. The van der Waals surface area contributed by atoms with Crippen molar-refractivity contribution in [2.75, 3.05) is 0 Å². The van der Waals surface area contributed by atoms with Crippen molar-refractivity contribution in [3.63, 3.8) is 0 Å². The Hall–Kier alpha value is -5.06. The van der Waals surface area contributed by atoms with Crippen molar-refractivity contribution in [2.24, 2.45) is 0 Å². The molecule has 2 nitrogen and oxygen atoms in total. The van der Waals surface area contributed by atoms with E-state index in [1.54, 1.807) is 0 Å². The van der Waals surface area contributed by atoms with Crippen molar-refractivity contribution < 1.29 is 0 Å². The Labute approximate surface area is 263 Å². The third kappa shape index (κ3) is 2.43. The molecule has 9 aromatic rings. The molecule has 0 saturated heterocycles. The highest BCUT2D eigenvalue weighted by Gasteiger charge is 2.47. The Morgan fingerprint density at radius 3 is 2.33 bits per heavy atom. The molecule has 208 valence electrons. The van der Waals surface area contributed by atoms with Gasteiger partial charge in [-0.15, -0.1) is 11.3 Å². The van der Waals surface area contributed by atoms with Crippen LogP contribution in [-0.2, 0) is 5.41 Å². The monoisotopic (exact) mass is 588 g/mol. The molecule has 3 aromatic heterocycles. The number of para-hydroxylation sites is 2. The van der Waals surface area contributed by atoms with Gasteiger partial charge >= 0.3 is 6.85 Å². The molecule has 4 heteroatoms. The van der Waals surface area contributed by atoms with Crippen LogP contribution in [0.4, 0.5) is 0 Å². The fraction of sp³-hybridized carbons (Fsp3) is 0.0732. The van der Waals surface area contributed by atoms with Crippen LogP contribution >= 0.6 is 11.3 Å². The maximum Gasteiger partial charge on any atom is 0.333 e. The van der Waals surface area contributed by atoms with E-state index in [2.05, 4.69) is 138 Å². The molecule has 12 rings (SSSR count). The number of benzene rings is 6. The van der Waals surface area contributed by atoms with Gasteiger partial charge in [-0.2, -0.15) is 0 Å². The predicted octanol–water partition coefficient (Wildman–Crippen LogP) is 9.36. The lowest BCUT2D eigenvalue weighted by atomic mass is 9.45. The van der Waals surface area contributed by atoms with Crippen LogP contribution in [0, 0.1) is 0 Å². The number of aromatic nitrogens is 2. The molecule has 45 heavy (non-hydrogen) atoms. The zero-order valence-corrected chi connectivity index (χ0v) is 25.7. The lowest BCUT2D eigenvalue weighted by Crippen LogP contribution is -2.55. The maximum atomic E-state index is 2.72. The number of rotatable bonds is 0. The summed E-state index contributed by atoms with van der Waals surface area (Å²) in [5.74, 6) is 0. The minimum atomic E-state index is -0.0870. The molecule has 6 aromatic carbocycles. The third-order valence-corrected chi connectivity index (χ3v) is 12.4. The van der Waals surface area contributed by atoms with Crippen LogP contribution in [0.2, 0.25) is 0 Å². The van der Waals surface area contributed by atoms with Gasteiger partial charge < -0.3 is 9.05 Å². The predicted molar refractivity (Wildman–Crippen MR) is 193 cm³/mol. The summed E-state index contributed by atoms with van der Waals surface area (Å²) >= 11 is 1.95. The van der Waals surface area contributed by atoms with Crippen LogP contribution < -0.4 is 10.9 Å². The van der Waals surface area contributed by atoms with Crippen molar-refractivity contribution in [1.29, 1.82) is 0 Å². The van der Waals surface area contributed by atoms with Crippen molar-refractivity contribution in [3.05, 3.63) is 126 Å². The van der Waals surface area contributed by atoms with E-state index in [4.69, 9.17) is 0 Å². The van der Waals surface area contributed by atoms with Crippen LogP contribution in [0.5, 0.6) is 0 Å². The van der Waals surface area contributed by atoms with Crippen molar-refractivity contribution in [2.45, 2.75) is 19.3 Å². The fourth-order valence-corrected chi connectivity index (χ4v) is 10.9. The topological polar surface area (TPSA) is 9.86 Å². The van der Waals surface area contributed by atoms with Crippen molar-refractivity contribution >= 4 is 82.0 Å². The first-order valence-electron chi connectivity index (χ1n) is 15.9. The second-order valence-electron chi connectivity index (χ2n) is 13.6. The maximum absolute atomic E-state index is 2.72. The molecular weight excluding hydrogens is 563 g/mol. The zero-order valence-electron chi connectivity index (χ0n) is 24.8. The van der Waals surface area contributed by atoms with E-state index in [0.29, 0.717) is 0 Å². The second-order valence-corrected chi connectivity index (χ2v) is 14.7. The summed E-state index contributed by atoms with van der Waals surface area (Å²) in [6.45, 7) is 4.92. The molecule has 0 unspecified atom stereocenters. The Kier molecular flexibility index (Phi) is 3.85. The van der Waals surface area contributed by atoms with Crippen LogP contribution in [0.3, 0.4) is 0 Å². The van der Waals surface area contributed by atoms with Gasteiger partial charge in [0, 0.05) is 54.0 Å². The van der Waals surface area contributed by atoms with E-state index < -0.39 is 0 Å². The first-order valence-corrected chi connectivity index (χ1v) is 16.7. The highest BCUT2D eigenvalue weighted by atomic mass is 32.1. The van der Waals surface area contributed by atoms with Gasteiger partial charge in [0.1, 0.15) is 0 Å². The summed E-state index contributed by atoms with van der Waals surface area (Å²) in [6.07, 6.45) is 0. The summed E-state index contributed by atoms with van der Waals surface area (Å²) in [5, 5.41) is 8.16. The molecule has 2 aliphatic heterocycles. The average molecular weight is 589 g/mol. The fourth-order valence-electron chi connectivity index (χ4n) is 9.62. The number of hydrogen-bond donors (Lipinski definition) is 0. The summed E-state index contributed by atoms with van der Waals surface area (Å²) in [6, 6.07) is 43.7. The van der Waals surface area contributed by atoms with Crippen LogP contribution in [0.15, 0.2) is 115 Å². The quantitative estimate of drug-likeness (QED) is 0.156. The van der Waals surface area contributed by atoms with E-state index >= 15 is 0 Å². The van der Waals surface area contributed by atoms with E-state index in [1.165, 1.54) is 103 Å². The number of hydrogen-bond acceptors (Lipinski definition) is 1. The standard InChI is InChI=1S/C41H25BN2S/c1-41(2)29-18-7-5-13-24(29)39-35(41)28-17-10-19-30-38(28)43(39)31-21-22-11-3-4-12-23(22)33-26-15-9-16-27-34-25-14-6-8-20-32(25)45-40(34)44(37(26)27)42(30)36(31)33/h3-21H,1-2H3. The van der Waals surface area contributed by atoms with Crippen LogP contribution in [0.1, 0.15) is 25.0 Å². The minimum absolute atomic E-state index is 0.0870. The highest BCUT2D eigenvalue weighted by molar-refractivity contribution is 7.26. The Morgan fingerprint density at radius 2 is 1.40 bits per heavy atom. The third-order valence-electron chi connectivity index (χ3n) is 11.2. The Balaban J connectivity index is 1.37. The molecule has 1 aliphatic carbocycles. The second kappa shape index (κ2) is 7.42. The van der Waals surface area contributed by atoms with E-state index in [9.17, 15) is 0 Å². The first-order chi connectivity index (χ1) is 22.1. The van der Waals surface area contributed by atoms with Crippen LogP contribution in [-0.4, -0.2) is 15.9 Å². The molecular formula is C41H25BN2S. The van der Waals surface area contributed by atoms with Gasteiger partial charge in [0.15, 0.2) is 0 Å². The van der Waals surface area contributed by atoms with Crippen molar-refractivity contribution in [3.8, 4) is 28.1 Å². The van der Waals surface area contributed by atoms with Crippen LogP contribution in [0.25, 0.3) is 81.0 Å². The smallest absolute Gasteiger partial charge is 0.333 e. The summed E-state index contributed by atoms with van der Waals surface area (Å²) in [4.78, 5) is 1.38. The van der Waals surface area contributed by atoms with Gasteiger partial charge in [-0.05, 0) is 50.5 Å². The Morgan fingerprint density at radius 1 is 0.667 bits per heavy atom. The summed E-state index contributed by atoms with van der Waals surface area (Å²) in [7, 11) is 0. The lowest BCUT2D eigenvalue weighted by molar-refractivity contribution is 0.666. The van der Waals surface area contributed by atoms with Gasteiger partial charge in [0.05, 0.1) is 16.0 Å². The number of nitrogens with zero attached hydrogens (tertiary/aromatic N) is 2. The average Bonchev–Trinajstić information content (AvgIpc) is 3.78. The Bertz CT molecular complexity index is 2860. The molecule has 0 amide bonds. The molecule has 0 bridgehead atoms. The molecule has 0 N–H and O–H groups in total. The summed E-state index contributed by atoms with van der Waals surface area (Å²) < 4.78 is 6.74. The number of thiophene rings is 1. The molecule has 0 saturated carbocycles. The lowest BCUT2D eigenvalue weighted by Gasteiger charge is -2.35. The van der Waals surface area contributed by atoms with Gasteiger partial charge in [0.2, 0.25) is 0 Å². The SMILES string of the molecule is CC1(C)c2ccccc2-c2c1c1cccc3c1n2-c1cc2ccccc2c2c1B3n1c3sc4ccccc4c3c3cccc-2c31. The molecule has 5 heterocycles. The minimum Gasteiger partial charge on any atom is -0.367 e. The van der Waals surface area contributed by atoms with Gasteiger partial charge in [0.25, 0.3) is 0 Å². The highest BCUT2D eigenvalue weighted by Crippen LogP contribution is 2.55. The molecule has 0 fully saturated rings. The van der Waals surface area contributed by atoms with E-state index in [-0.39, 0.29) is 12.3 Å². The molecule has 0 spiro atoms. The molecule has 3 aliphatic rings. The largest absolute Gasteiger partial charge is 0.367 e. The van der Waals surface area contributed by atoms with Gasteiger partial charge in [-0.25, -0.2) is 0 Å². The van der Waals surface area contributed by atoms with Gasteiger partial charge in [-0.1, -0.05) is 117 Å². The molecule has 0 radical (unpaired) electrons. The first kappa shape index (κ1) is 23.3. The zero-order chi connectivity index (χ0) is 29.3. The van der Waals surface area contributed by atoms with Crippen molar-refractivity contribution in [1.82, 2.24) is 9.05 Å². The molecule has 0 atom stereocenters. The van der Waals surface area contributed by atoms with E-state index in [0.717, 1.165) is 0 Å². The normalized spacial score (nSPS) is 15.0. The van der Waals surface area contributed by atoms with Gasteiger partial charge in [-0.3, -0.25) is 0 Å². The van der Waals surface area contributed by atoms with E-state index in [1.807, 2.05) is 11.3 Å². The summed E-state index contributed by atoms with van der Waals surface area (Å²) in [5.41, 5.74) is 15.2.